The molecule has 2 heterocycles. The van der Waals surface area contributed by atoms with Crippen LogP contribution in [0, 0.1) is 12.8 Å². The minimum absolute atomic E-state index is 0.176. The molecule has 0 unspecified atom stereocenters. The third-order valence-electron chi connectivity index (χ3n) is 4.67. The van der Waals surface area contributed by atoms with Gasteiger partial charge in [-0.1, -0.05) is 15.9 Å². The Kier molecular flexibility index (Phi) is 5.03. The van der Waals surface area contributed by atoms with E-state index in [-0.39, 0.29) is 5.92 Å². The summed E-state index contributed by atoms with van der Waals surface area (Å²) in [5, 5.41) is 0. The third-order valence-corrected chi connectivity index (χ3v) is 5.56. The van der Waals surface area contributed by atoms with E-state index in [1.165, 1.54) is 11.3 Å². The fourth-order valence-electron chi connectivity index (χ4n) is 3.21. The Morgan fingerprint density at radius 1 is 1.18 bits per heavy atom. The van der Waals surface area contributed by atoms with Gasteiger partial charge in [-0.3, -0.25) is 4.79 Å². The number of nitrogens with zero attached hydrogens (tertiary/aromatic N) is 2. The molecule has 0 atom stereocenters. The highest BCUT2D eigenvalue weighted by molar-refractivity contribution is 9.10. The molecular weight excluding hydrogens is 344 g/mol. The maximum absolute atomic E-state index is 12.5. The van der Waals surface area contributed by atoms with Crippen LogP contribution in [-0.2, 0) is 9.53 Å². The monoisotopic (exact) mass is 366 g/mol. The molecule has 0 aliphatic carbocycles. The van der Waals surface area contributed by atoms with Gasteiger partial charge in [0.1, 0.15) is 0 Å². The maximum atomic E-state index is 12.5. The first kappa shape index (κ1) is 15.8. The largest absolute Gasteiger partial charge is 0.381 e. The molecule has 2 aliphatic heterocycles. The zero-order chi connectivity index (χ0) is 15.5. The Morgan fingerprint density at radius 3 is 2.50 bits per heavy atom. The van der Waals surface area contributed by atoms with Crippen LogP contribution in [0.15, 0.2) is 22.7 Å². The van der Waals surface area contributed by atoms with Crippen molar-refractivity contribution in [2.24, 2.45) is 5.92 Å². The molecule has 2 saturated heterocycles. The van der Waals surface area contributed by atoms with Gasteiger partial charge in [-0.15, -0.1) is 0 Å². The highest BCUT2D eigenvalue weighted by Gasteiger charge is 2.28. The Morgan fingerprint density at radius 2 is 1.86 bits per heavy atom. The van der Waals surface area contributed by atoms with Crippen LogP contribution in [0.1, 0.15) is 18.4 Å². The maximum Gasteiger partial charge on any atom is 0.225 e. The van der Waals surface area contributed by atoms with Gasteiger partial charge in [0.2, 0.25) is 5.91 Å². The molecule has 0 radical (unpaired) electrons. The van der Waals surface area contributed by atoms with E-state index >= 15 is 0 Å². The summed E-state index contributed by atoms with van der Waals surface area (Å²) in [4.78, 5) is 16.9. The van der Waals surface area contributed by atoms with Crippen molar-refractivity contribution < 1.29 is 9.53 Å². The molecule has 0 spiro atoms. The predicted octanol–water partition coefficient (Wildman–Crippen LogP) is 2.83. The summed E-state index contributed by atoms with van der Waals surface area (Å²) in [5.41, 5.74) is 2.50. The SMILES string of the molecule is Cc1cc(N2CCN(C(=O)C3CCOCC3)CC2)ccc1Br. The molecule has 2 aliphatic rings. The molecular formula is C17H23BrN2O2. The second-order valence-electron chi connectivity index (χ2n) is 6.13. The average molecular weight is 367 g/mol. The van der Waals surface area contributed by atoms with Crippen molar-refractivity contribution in [3.63, 3.8) is 0 Å². The second kappa shape index (κ2) is 7.01. The summed E-state index contributed by atoms with van der Waals surface area (Å²) in [6.45, 7) is 7.05. The third kappa shape index (κ3) is 3.46. The molecule has 0 aromatic heterocycles. The van der Waals surface area contributed by atoms with Gasteiger partial charge in [0, 0.05) is 55.5 Å². The van der Waals surface area contributed by atoms with Crippen LogP contribution in [-0.4, -0.2) is 50.2 Å². The summed E-state index contributed by atoms with van der Waals surface area (Å²) in [6.07, 6.45) is 1.76. The highest BCUT2D eigenvalue weighted by Crippen LogP contribution is 2.25. The van der Waals surface area contributed by atoms with Gasteiger partial charge >= 0.3 is 0 Å². The fraction of sp³-hybridized carbons (Fsp3) is 0.588. The van der Waals surface area contributed by atoms with Crippen LogP contribution in [0.2, 0.25) is 0 Å². The minimum atomic E-state index is 0.176. The Labute approximate surface area is 140 Å². The summed E-state index contributed by atoms with van der Waals surface area (Å²) in [6, 6.07) is 6.46. The molecule has 1 aromatic rings. The first-order valence-corrected chi connectivity index (χ1v) is 8.82. The molecule has 0 bridgehead atoms. The van der Waals surface area contributed by atoms with Crippen LogP contribution in [0.3, 0.4) is 0 Å². The lowest BCUT2D eigenvalue weighted by Crippen LogP contribution is -2.51. The fourth-order valence-corrected chi connectivity index (χ4v) is 3.46. The van der Waals surface area contributed by atoms with E-state index in [0.29, 0.717) is 5.91 Å². The van der Waals surface area contributed by atoms with E-state index in [1.54, 1.807) is 0 Å². The molecule has 5 heteroatoms. The number of rotatable bonds is 2. The molecule has 22 heavy (non-hydrogen) atoms. The lowest BCUT2D eigenvalue weighted by molar-refractivity contribution is -0.138. The number of ether oxygens (including phenoxy) is 1. The first-order chi connectivity index (χ1) is 10.6. The highest BCUT2D eigenvalue weighted by atomic mass is 79.9. The quantitative estimate of drug-likeness (QED) is 0.806. The molecule has 1 aromatic carbocycles. The Hall–Kier alpha value is -1.07. The molecule has 0 saturated carbocycles. The van der Waals surface area contributed by atoms with Crippen molar-refractivity contribution >= 4 is 27.5 Å². The molecule has 2 fully saturated rings. The lowest BCUT2D eigenvalue weighted by Gasteiger charge is -2.38. The Bertz CT molecular complexity index is 535. The molecule has 1 amide bonds. The van der Waals surface area contributed by atoms with Gasteiger partial charge in [0.05, 0.1) is 0 Å². The van der Waals surface area contributed by atoms with Crippen LogP contribution in [0.4, 0.5) is 5.69 Å². The van der Waals surface area contributed by atoms with Gasteiger partial charge < -0.3 is 14.5 Å². The number of carbonyl (C=O) groups is 1. The molecule has 120 valence electrons. The van der Waals surface area contributed by atoms with Gasteiger partial charge in [0.25, 0.3) is 0 Å². The summed E-state index contributed by atoms with van der Waals surface area (Å²) >= 11 is 3.54. The van der Waals surface area contributed by atoms with Crippen molar-refractivity contribution in [2.45, 2.75) is 19.8 Å². The zero-order valence-electron chi connectivity index (χ0n) is 13.1. The minimum Gasteiger partial charge on any atom is -0.381 e. The molecule has 0 N–H and O–H groups in total. The van der Waals surface area contributed by atoms with E-state index in [1.807, 2.05) is 4.90 Å². The normalized spacial score (nSPS) is 20.3. The number of hydrogen-bond donors (Lipinski definition) is 0. The number of hydrogen-bond acceptors (Lipinski definition) is 3. The molecule has 4 nitrogen and oxygen atoms in total. The number of amides is 1. The Balaban J connectivity index is 1.57. The van der Waals surface area contributed by atoms with E-state index in [4.69, 9.17) is 4.74 Å². The average Bonchev–Trinajstić information content (AvgIpc) is 2.58. The summed E-state index contributed by atoms with van der Waals surface area (Å²) in [5.74, 6) is 0.505. The second-order valence-corrected chi connectivity index (χ2v) is 6.99. The number of piperazine rings is 1. The first-order valence-electron chi connectivity index (χ1n) is 8.03. The number of benzene rings is 1. The van der Waals surface area contributed by atoms with Gasteiger partial charge in [-0.25, -0.2) is 0 Å². The summed E-state index contributed by atoms with van der Waals surface area (Å²) in [7, 11) is 0. The number of aryl methyl sites for hydroxylation is 1. The smallest absolute Gasteiger partial charge is 0.225 e. The standard InChI is InChI=1S/C17H23BrN2O2/c1-13-12-15(2-3-16(13)18)19-6-8-20(9-7-19)17(21)14-4-10-22-11-5-14/h2-3,12,14H,4-11H2,1H3. The summed E-state index contributed by atoms with van der Waals surface area (Å²) < 4.78 is 6.49. The van der Waals surface area contributed by atoms with Crippen LogP contribution in [0.5, 0.6) is 0 Å². The topological polar surface area (TPSA) is 32.8 Å². The van der Waals surface area contributed by atoms with Gasteiger partial charge in [0.15, 0.2) is 0 Å². The van der Waals surface area contributed by atoms with E-state index < -0.39 is 0 Å². The zero-order valence-corrected chi connectivity index (χ0v) is 14.6. The van der Waals surface area contributed by atoms with E-state index in [9.17, 15) is 4.79 Å². The van der Waals surface area contributed by atoms with Crippen molar-refractivity contribution in [3.05, 3.63) is 28.2 Å². The van der Waals surface area contributed by atoms with Crippen molar-refractivity contribution in [3.8, 4) is 0 Å². The van der Waals surface area contributed by atoms with Crippen LogP contribution in [0.25, 0.3) is 0 Å². The van der Waals surface area contributed by atoms with Crippen LogP contribution < -0.4 is 4.90 Å². The van der Waals surface area contributed by atoms with Gasteiger partial charge in [-0.05, 0) is 43.5 Å². The van der Waals surface area contributed by atoms with Crippen molar-refractivity contribution in [1.82, 2.24) is 4.90 Å². The molecule has 3 rings (SSSR count). The van der Waals surface area contributed by atoms with Gasteiger partial charge in [-0.2, -0.15) is 0 Å². The van der Waals surface area contributed by atoms with E-state index in [0.717, 1.165) is 56.7 Å². The lowest BCUT2D eigenvalue weighted by atomic mass is 9.98. The number of carbonyl (C=O) groups excluding carboxylic acids is 1. The number of halogens is 1. The van der Waals surface area contributed by atoms with E-state index in [2.05, 4.69) is 46.0 Å². The predicted molar refractivity (Wildman–Crippen MR) is 91.2 cm³/mol. The van der Waals surface area contributed by atoms with Crippen LogP contribution >= 0.6 is 15.9 Å². The number of anilines is 1. The van der Waals surface area contributed by atoms with Crippen molar-refractivity contribution in [2.75, 3.05) is 44.3 Å². The van der Waals surface area contributed by atoms with Crippen molar-refractivity contribution in [1.29, 1.82) is 0 Å².